The van der Waals surface area contributed by atoms with Crippen molar-refractivity contribution in [2.45, 2.75) is 110 Å². The molecule has 0 aliphatic heterocycles. The predicted octanol–water partition coefficient (Wildman–Crippen LogP) is 8.95. The molecule has 0 bridgehead atoms. The van der Waals surface area contributed by atoms with Gasteiger partial charge in [0.2, 0.25) is 5.88 Å². The van der Waals surface area contributed by atoms with Gasteiger partial charge in [0.05, 0.1) is 12.3 Å². The Hall–Kier alpha value is -1.97. The van der Waals surface area contributed by atoms with Gasteiger partial charge in [-0.15, -0.1) is 10.2 Å². The monoisotopic (exact) mass is 468 g/mol. The molecule has 4 heteroatoms. The predicted molar refractivity (Wildman–Crippen MR) is 140 cm³/mol. The number of ether oxygens (including phenoxy) is 1. The van der Waals surface area contributed by atoms with E-state index in [0.29, 0.717) is 18.2 Å². The first-order chi connectivity index (χ1) is 16.7. The molecule has 1 heterocycles. The number of benzene rings is 1. The Labute approximate surface area is 206 Å². The van der Waals surface area contributed by atoms with Crippen LogP contribution < -0.4 is 4.74 Å². The first kappa shape index (κ1) is 26.6. The number of hydrogen-bond acceptors (Lipinski definition) is 3. The number of aryl methyl sites for hydroxylation is 1. The van der Waals surface area contributed by atoms with Crippen LogP contribution in [0.15, 0.2) is 30.3 Å². The first-order valence-electron chi connectivity index (χ1n) is 13.9. The maximum absolute atomic E-state index is 14.8. The molecule has 0 atom stereocenters. The number of unbranched alkanes of at least 4 members (excludes halogenated alkanes) is 6. The van der Waals surface area contributed by atoms with Crippen LogP contribution in [0.25, 0.3) is 11.3 Å². The van der Waals surface area contributed by atoms with Crippen molar-refractivity contribution in [3.8, 4) is 17.1 Å². The molecule has 0 unspecified atom stereocenters. The van der Waals surface area contributed by atoms with E-state index in [9.17, 15) is 4.39 Å². The Morgan fingerprint density at radius 3 is 2.15 bits per heavy atom. The van der Waals surface area contributed by atoms with E-state index in [4.69, 9.17) is 4.74 Å². The number of halogens is 1. The van der Waals surface area contributed by atoms with E-state index in [2.05, 4.69) is 24.0 Å². The van der Waals surface area contributed by atoms with E-state index < -0.39 is 0 Å². The van der Waals surface area contributed by atoms with Crippen LogP contribution in [0, 0.1) is 17.7 Å². The van der Waals surface area contributed by atoms with Gasteiger partial charge in [0.25, 0.3) is 0 Å². The lowest BCUT2D eigenvalue weighted by atomic mass is 9.77. The molecule has 1 aromatic carbocycles. The molecular formula is C30H45FN2O. The normalized spacial score (nSPS) is 18.2. The number of nitrogens with zero attached hydrogens (tertiary/aromatic N) is 2. The van der Waals surface area contributed by atoms with Crippen molar-refractivity contribution in [2.24, 2.45) is 11.8 Å². The van der Waals surface area contributed by atoms with Crippen LogP contribution in [0.2, 0.25) is 0 Å². The Kier molecular flexibility index (Phi) is 11.8. The van der Waals surface area contributed by atoms with Crippen molar-refractivity contribution in [3.63, 3.8) is 0 Å². The number of rotatable bonds is 15. The van der Waals surface area contributed by atoms with E-state index in [-0.39, 0.29) is 5.82 Å². The molecular weight excluding hydrogens is 423 g/mol. The highest BCUT2D eigenvalue weighted by atomic mass is 19.1. The van der Waals surface area contributed by atoms with Gasteiger partial charge < -0.3 is 4.74 Å². The Bertz CT molecular complexity index is 815. The molecule has 0 saturated heterocycles. The smallest absolute Gasteiger partial charge is 0.233 e. The van der Waals surface area contributed by atoms with Crippen molar-refractivity contribution in [1.29, 1.82) is 0 Å². The summed E-state index contributed by atoms with van der Waals surface area (Å²) in [6.07, 6.45) is 18.9. The van der Waals surface area contributed by atoms with E-state index in [0.717, 1.165) is 42.2 Å². The summed E-state index contributed by atoms with van der Waals surface area (Å²) < 4.78 is 20.5. The highest BCUT2D eigenvalue weighted by Crippen LogP contribution is 2.34. The summed E-state index contributed by atoms with van der Waals surface area (Å²) in [5.74, 6) is 2.10. The van der Waals surface area contributed by atoms with Crippen molar-refractivity contribution in [1.82, 2.24) is 10.2 Å². The summed E-state index contributed by atoms with van der Waals surface area (Å²) in [5.41, 5.74) is 2.28. The van der Waals surface area contributed by atoms with Crippen LogP contribution in [0.1, 0.15) is 109 Å². The molecule has 2 aromatic rings. The van der Waals surface area contributed by atoms with E-state index in [1.54, 1.807) is 6.07 Å². The summed E-state index contributed by atoms with van der Waals surface area (Å²) in [6, 6.07) is 9.21. The SMILES string of the molecule is CCCCCCOc1ccc(-c2ccc(CCC3CCC(CCCCCC)CC3)c(F)c2)nn1. The largest absolute Gasteiger partial charge is 0.477 e. The maximum atomic E-state index is 14.8. The summed E-state index contributed by atoms with van der Waals surface area (Å²) in [5, 5.41) is 8.41. The van der Waals surface area contributed by atoms with Crippen LogP contribution in [-0.4, -0.2) is 16.8 Å². The lowest BCUT2D eigenvalue weighted by Gasteiger charge is -2.28. The zero-order valence-corrected chi connectivity index (χ0v) is 21.5. The van der Waals surface area contributed by atoms with Gasteiger partial charge in [0, 0.05) is 11.6 Å². The van der Waals surface area contributed by atoms with Crippen LogP contribution in [0.5, 0.6) is 5.88 Å². The third-order valence-corrected chi connectivity index (χ3v) is 7.49. The van der Waals surface area contributed by atoms with E-state index in [1.807, 2.05) is 24.3 Å². The van der Waals surface area contributed by atoms with Crippen LogP contribution >= 0.6 is 0 Å². The molecule has 1 fully saturated rings. The molecule has 0 radical (unpaired) electrons. The summed E-state index contributed by atoms with van der Waals surface area (Å²) in [4.78, 5) is 0. The second-order valence-electron chi connectivity index (χ2n) is 10.2. The minimum absolute atomic E-state index is 0.125. The Morgan fingerprint density at radius 1 is 0.794 bits per heavy atom. The summed E-state index contributed by atoms with van der Waals surface area (Å²) in [6.45, 7) is 5.14. The lowest BCUT2D eigenvalue weighted by Crippen LogP contribution is -2.15. The molecule has 3 rings (SSSR count). The van der Waals surface area contributed by atoms with Gasteiger partial charge in [-0.2, -0.15) is 0 Å². The van der Waals surface area contributed by atoms with Crippen LogP contribution in [-0.2, 0) is 6.42 Å². The van der Waals surface area contributed by atoms with E-state index in [1.165, 1.54) is 77.0 Å². The second kappa shape index (κ2) is 15.1. The second-order valence-corrected chi connectivity index (χ2v) is 10.2. The van der Waals surface area contributed by atoms with Gasteiger partial charge in [-0.25, -0.2) is 4.39 Å². The average Bonchev–Trinajstić information content (AvgIpc) is 2.87. The Balaban J connectivity index is 1.41. The Morgan fingerprint density at radius 2 is 1.50 bits per heavy atom. The number of aromatic nitrogens is 2. The average molecular weight is 469 g/mol. The lowest BCUT2D eigenvalue weighted by molar-refractivity contribution is 0.248. The van der Waals surface area contributed by atoms with Crippen molar-refractivity contribution in [2.75, 3.05) is 6.61 Å². The van der Waals surface area contributed by atoms with Gasteiger partial charge in [0.15, 0.2) is 0 Å². The molecule has 0 spiro atoms. The zero-order valence-electron chi connectivity index (χ0n) is 21.5. The molecule has 34 heavy (non-hydrogen) atoms. The van der Waals surface area contributed by atoms with Crippen LogP contribution in [0.4, 0.5) is 4.39 Å². The fourth-order valence-electron chi connectivity index (χ4n) is 5.19. The molecule has 1 aliphatic rings. The molecule has 1 aromatic heterocycles. The fourth-order valence-corrected chi connectivity index (χ4v) is 5.19. The minimum Gasteiger partial charge on any atom is -0.477 e. The van der Waals surface area contributed by atoms with Crippen molar-refractivity contribution < 1.29 is 9.13 Å². The third kappa shape index (κ3) is 9.00. The molecule has 0 amide bonds. The van der Waals surface area contributed by atoms with Gasteiger partial charge >= 0.3 is 0 Å². The van der Waals surface area contributed by atoms with Gasteiger partial charge in [-0.1, -0.05) is 103 Å². The fraction of sp³-hybridized carbons (Fsp3) is 0.667. The third-order valence-electron chi connectivity index (χ3n) is 7.49. The van der Waals surface area contributed by atoms with E-state index >= 15 is 0 Å². The van der Waals surface area contributed by atoms with Crippen molar-refractivity contribution >= 4 is 0 Å². The molecule has 188 valence electrons. The van der Waals surface area contributed by atoms with Gasteiger partial charge in [-0.3, -0.25) is 0 Å². The maximum Gasteiger partial charge on any atom is 0.233 e. The highest BCUT2D eigenvalue weighted by Gasteiger charge is 2.21. The molecule has 1 aliphatic carbocycles. The highest BCUT2D eigenvalue weighted by molar-refractivity contribution is 5.59. The zero-order chi connectivity index (χ0) is 24.0. The van der Waals surface area contributed by atoms with Gasteiger partial charge in [0.1, 0.15) is 5.82 Å². The first-order valence-corrected chi connectivity index (χ1v) is 13.9. The molecule has 1 saturated carbocycles. The summed E-state index contributed by atoms with van der Waals surface area (Å²) >= 11 is 0. The quantitative estimate of drug-likeness (QED) is 0.245. The minimum atomic E-state index is -0.125. The van der Waals surface area contributed by atoms with Gasteiger partial charge in [-0.05, 0) is 48.8 Å². The topological polar surface area (TPSA) is 35.0 Å². The summed E-state index contributed by atoms with van der Waals surface area (Å²) in [7, 11) is 0. The molecule has 3 nitrogen and oxygen atoms in total. The van der Waals surface area contributed by atoms with Crippen molar-refractivity contribution in [3.05, 3.63) is 41.7 Å². The van der Waals surface area contributed by atoms with Crippen LogP contribution in [0.3, 0.4) is 0 Å². The number of hydrogen-bond donors (Lipinski definition) is 0. The standard InChI is InChI=1S/C30H45FN2O/c1-3-5-7-9-11-24-12-14-25(15-13-24)16-17-26-18-19-27(23-28(26)31)29-20-21-30(33-32-29)34-22-10-8-6-4-2/h18-21,23-25H,3-17,22H2,1-2H3. The molecule has 0 N–H and O–H groups in total.